The number of thioether (sulfide) groups is 1. The van der Waals surface area contributed by atoms with Crippen LogP contribution in [-0.4, -0.2) is 35.5 Å². The first kappa shape index (κ1) is 15.6. The molecule has 1 unspecified atom stereocenters. The maximum Gasteiger partial charge on any atom is 0.253 e. The van der Waals surface area contributed by atoms with Crippen molar-refractivity contribution < 1.29 is 4.79 Å². The number of rotatable bonds is 6. The number of nitrogens with zero attached hydrogens (tertiary/aromatic N) is 1. The average Bonchev–Trinajstić information content (AvgIpc) is 2.48. The molecule has 112 valence electrons. The number of anilines is 1. The molecule has 2 aromatic rings. The lowest BCUT2D eigenvalue weighted by molar-refractivity contribution is 0.0945. The second-order valence-electron chi connectivity index (χ2n) is 4.93. The quantitative estimate of drug-likeness (QED) is 0.861. The molecule has 1 heterocycles. The smallest absolute Gasteiger partial charge is 0.253 e. The molecule has 4 nitrogen and oxygen atoms in total. The van der Waals surface area contributed by atoms with Crippen LogP contribution in [0.25, 0.3) is 10.8 Å². The van der Waals surface area contributed by atoms with E-state index in [-0.39, 0.29) is 11.9 Å². The number of amides is 1. The van der Waals surface area contributed by atoms with E-state index in [0.29, 0.717) is 5.56 Å². The Kier molecular flexibility index (Phi) is 5.44. The number of hydrogen-bond acceptors (Lipinski definition) is 4. The number of carbonyl (C=O) groups is 1. The molecule has 0 aliphatic heterocycles. The molecule has 1 amide bonds. The average molecular weight is 303 g/mol. The molecule has 1 atom stereocenters. The van der Waals surface area contributed by atoms with E-state index >= 15 is 0 Å². The van der Waals surface area contributed by atoms with Crippen LogP contribution in [0.15, 0.2) is 30.5 Å². The summed E-state index contributed by atoms with van der Waals surface area (Å²) in [4.78, 5) is 16.8. The van der Waals surface area contributed by atoms with Crippen molar-refractivity contribution in [1.82, 2.24) is 10.3 Å². The molecule has 2 N–H and O–H groups in total. The number of hydrogen-bond donors (Lipinski definition) is 2. The fourth-order valence-corrected chi connectivity index (χ4v) is 2.86. The van der Waals surface area contributed by atoms with E-state index < -0.39 is 0 Å². The summed E-state index contributed by atoms with van der Waals surface area (Å²) in [5.41, 5.74) is 0.625. The number of pyridine rings is 1. The number of fused-ring (bicyclic) bond motifs is 1. The number of carbonyl (C=O) groups excluding carboxylic acids is 1. The minimum absolute atomic E-state index is 0.0664. The highest BCUT2D eigenvalue weighted by Crippen LogP contribution is 2.24. The summed E-state index contributed by atoms with van der Waals surface area (Å²) in [5.74, 6) is 1.65. The van der Waals surface area contributed by atoms with Gasteiger partial charge in [0.25, 0.3) is 5.91 Å². The van der Waals surface area contributed by atoms with Crippen molar-refractivity contribution in [2.45, 2.75) is 19.9 Å². The summed E-state index contributed by atoms with van der Waals surface area (Å²) >= 11 is 1.72. The van der Waals surface area contributed by atoms with Crippen molar-refractivity contribution in [1.29, 1.82) is 0 Å². The predicted octanol–water partition coefficient (Wildman–Crippen LogP) is 3.15. The van der Waals surface area contributed by atoms with Crippen LogP contribution in [-0.2, 0) is 0 Å². The predicted molar refractivity (Wildman–Crippen MR) is 91.2 cm³/mol. The molecule has 0 bridgehead atoms. The Balaban J connectivity index is 2.36. The lowest BCUT2D eigenvalue weighted by Crippen LogP contribution is -2.34. The zero-order chi connectivity index (χ0) is 15.2. The first-order chi connectivity index (χ1) is 10.2. The van der Waals surface area contributed by atoms with Gasteiger partial charge < -0.3 is 10.6 Å². The largest absolute Gasteiger partial charge is 0.370 e. The van der Waals surface area contributed by atoms with Gasteiger partial charge >= 0.3 is 0 Å². The Morgan fingerprint density at radius 2 is 2.05 bits per heavy atom. The molecule has 5 heteroatoms. The Morgan fingerprint density at radius 1 is 1.33 bits per heavy atom. The normalized spacial score (nSPS) is 12.1. The van der Waals surface area contributed by atoms with Gasteiger partial charge in [-0.2, -0.15) is 11.8 Å². The molecule has 0 radical (unpaired) electrons. The lowest BCUT2D eigenvalue weighted by Gasteiger charge is -2.15. The number of nitrogens with one attached hydrogen (secondary N) is 2. The molecule has 1 aromatic heterocycles. The van der Waals surface area contributed by atoms with E-state index in [1.165, 1.54) is 0 Å². The van der Waals surface area contributed by atoms with Gasteiger partial charge in [0.15, 0.2) is 0 Å². The molecule has 0 aliphatic carbocycles. The van der Waals surface area contributed by atoms with Crippen LogP contribution in [0.5, 0.6) is 0 Å². The van der Waals surface area contributed by atoms with E-state index in [1.54, 1.807) is 18.0 Å². The second kappa shape index (κ2) is 7.31. The van der Waals surface area contributed by atoms with Gasteiger partial charge in [-0.05, 0) is 25.5 Å². The zero-order valence-corrected chi connectivity index (χ0v) is 13.5. The highest BCUT2D eigenvalue weighted by atomic mass is 32.2. The second-order valence-corrected chi connectivity index (χ2v) is 5.84. The molecular weight excluding hydrogens is 282 g/mol. The third-order valence-electron chi connectivity index (χ3n) is 3.18. The van der Waals surface area contributed by atoms with E-state index in [1.807, 2.05) is 44.4 Å². The third kappa shape index (κ3) is 3.67. The minimum Gasteiger partial charge on any atom is -0.370 e. The van der Waals surface area contributed by atoms with Crippen LogP contribution >= 0.6 is 11.8 Å². The van der Waals surface area contributed by atoms with Gasteiger partial charge in [-0.15, -0.1) is 0 Å². The number of benzene rings is 1. The molecule has 0 fully saturated rings. The van der Waals surface area contributed by atoms with Gasteiger partial charge in [-0.3, -0.25) is 4.79 Å². The Labute approximate surface area is 129 Å². The van der Waals surface area contributed by atoms with Gasteiger partial charge in [-0.1, -0.05) is 24.3 Å². The molecule has 21 heavy (non-hydrogen) atoms. The zero-order valence-electron chi connectivity index (χ0n) is 12.6. The fraction of sp³-hybridized carbons (Fsp3) is 0.375. The highest BCUT2D eigenvalue weighted by Gasteiger charge is 2.14. The van der Waals surface area contributed by atoms with Crippen LogP contribution < -0.4 is 10.6 Å². The molecule has 0 aliphatic rings. The minimum atomic E-state index is -0.0664. The Hall–Kier alpha value is -1.75. The van der Waals surface area contributed by atoms with E-state index in [0.717, 1.165) is 28.9 Å². The van der Waals surface area contributed by atoms with Gasteiger partial charge in [0.1, 0.15) is 5.82 Å². The molecule has 0 saturated heterocycles. The maximum atomic E-state index is 12.4. The summed E-state index contributed by atoms with van der Waals surface area (Å²) < 4.78 is 0. The van der Waals surface area contributed by atoms with Gasteiger partial charge in [0, 0.05) is 29.9 Å². The summed E-state index contributed by atoms with van der Waals surface area (Å²) in [5, 5.41) is 8.16. The van der Waals surface area contributed by atoms with E-state index in [4.69, 9.17) is 0 Å². The van der Waals surface area contributed by atoms with E-state index in [2.05, 4.69) is 15.6 Å². The summed E-state index contributed by atoms with van der Waals surface area (Å²) in [7, 11) is 0. The molecule has 1 aromatic carbocycles. The lowest BCUT2D eigenvalue weighted by atomic mass is 10.1. The summed E-state index contributed by atoms with van der Waals surface area (Å²) in [6, 6.07) is 8.00. The van der Waals surface area contributed by atoms with Crippen molar-refractivity contribution in [3.63, 3.8) is 0 Å². The van der Waals surface area contributed by atoms with Crippen LogP contribution in [0, 0.1) is 0 Å². The summed E-state index contributed by atoms with van der Waals surface area (Å²) in [6.45, 7) is 4.84. The van der Waals surface area contributed by atoms with Crippen LogP contribution in [0.4, 0.5) is 5.82 Å². The first-order valence-corrected chi connectivity index (χ1v) is 8.48. The first-order valence-electron chi connectivity index (χ1n) is 7.08. The fourth-order valence-electron chi connectivity index (χ4n) is 2.28. The van der Waals surface area contributed by atoms with Crippen molar-refractivity contribution >= 4 is 34.3 Å². The Bertz CT molecular complexity index is 630. The van der Waals surface area contributed by atoms with Gasteiger partial charge in [0.2, 0.25) is 0 Å². The highest BCUT2D eigenvalue weighted by molar-refractivity contribution is 7.98. The standard InChI is InChI=1S/C16H21N3OS/c1-4-17-15-13-8-6-5-7-12(13)14(9-18-15)16(20)19-11(2)10-21-3/h5-9,11H,4,10H2,1-3H3,(H,17,18)(H,19,20). The summed E-state index contributed by atoms with van der Waals surface area (Å²) in [6.07, 6.45) is 3.69. The van der Waals surface area contributed by atoms with Gasteiger partial charge in [-0.25, -0.2) is 4.98 Å². The van der Waals surface area contributed by atoms with Gasteiger partial charge in [0.05, 0.1) is 5.56 Å². The molecule has 0 saturated carbocycles. The molecular formula is C16H21N3OS. The van der Waals surface area contributed by atoms with Crippen LogP contribution in [0.1, 0.15) is 24.2 Å². The van der Waals surface area contributed by atoms with Crippen molar-refractivity contribution in [2.24, 2.45) is 0 Å². The van der Waals surface area contributed by atoms with E-state index in [9.17, 15) is 4.79 Å². The van der Waals surface area contributed by atoms with Crippen LogP contribution in [0.3, 0.4) is 0 Å². The van der Waals surface area contributed by atoms with Crippen molar-refractivity contribution in [3.05, 3.63) is 36.0 Å². The monoisotopic (exact) mass is 303 g/mol. The third-order valence-corrected chi connectivity index (χ3v) is 4.01. The number of aromatic nitrogens is 1. The molecule has 2 rings (SSSR count). The molecule has 0 spiro atoms. The topological polar surface area (TPSA) is 54.0 Å². The SMILES string of the molecule is CCNc1ncc(C(=O)NC(C)CSC)c2ccccc12. The van der Waals surface area contributed by atoms with Crippen molar-refractivity contribution in [3.8, 4) is 0 Å². The van der Waals surface area contributed by atoms with Crippen LogP contribution in [0.2, 0.25) is 0 Å². The maximum absolute atomic E-state index is 12.4. The Morgan fingerprint density at radius 3 is 2.71 bits per heavy atom. The van der Waals surface area contributed by atoms with Crippen molar-refractivity contribution in [2.75, 3.05) is 23.9 Å².